The van der Waals surface area contributed by atoms with Crippen molar-refractivity contribution in [2.75, 3.05) is 6.61 Å². The quantitative estimate of drug-likeness (QED) is 0.181. The zero-order valence-corrected chi connectivity index (χ0v) is 23.7. The Balaban J connectivity index is 2.20. The van der Waals surface area contributed by atoms with E-state index in [2.05, 4.69) is 68.9 Å². The third kappa shape index (κ3) is 7.52. The van der Waals surface area contributed by atoms with E-state index in [1.807, 2.05) is 25.1 Å². The molecule has 0 spiro atoms. The fraction of sp³-hybridized carbons (Fsp3) is 0.520. The van der Waals surface area contributed by atoms with Gasteiger partial charge in [0.05, 0.1) is 17.6 Å². The van der Waals surface area contributed by atoms with Gasteiger partial charge in [-0.3, -0.25) is 4.18 Å². The fourth-order valence-electron chi connectivity index (χ4n) is 3.08. The molecule has 0 aromatic heterocycles. The molecule has 178 valence electrons. The van der Waals surface area contributed by atoms with Gasteiger partial charge in [-0.15, -0.1) is 0 Å². The largest absolute Gasteiger partial charge is 0.411 e. The molecule has 0 N–H and O–H groups in total. The van der Waals surface area contributed by atoms with E-state index in [0.29, 0.717) is 0 Å². The molecule has 0 bridgehead atoms. The highest BCUT2D eigenvalue weighted by molar-refractivity contribution is 9.09. The van der Waals surface area contributed by atoms with Crippen molar-refractivity contribution in [1.29, 1.82) is 0 Å². The van der Waals surface area contributed by atoms with Crippen molar-refractivity contribution in [2.45, 2.75) is 75.0 Å². The van der Waals surface area contributed by atoms with E-state index in [4.69, 9.17) is 8.61 Å². The van der Waals surface area contributed by atoms with Crippen LogP contribution in [-0.4, -0.2) is 29.4 Å². The Hall–Kier alpha value is -0.993. The molecule has 4 nitrogen and oxygen atoms in total. The summed E-state index contributed by atoms with van der Waals surface area (Å²) in [7, 11) is -5.99. The number of benzene rings is 2. The molecule has 1 unspecified atom stereocenters. The van der Waals surface area contributed by atoms with Crippen LogP contribution in [0.25, 0.3) is 0 Å². The number of hydrogen-bond donors (Lipinski definition) is 0. The van der Waals surface area contributed by atoms with Gasteiger partial charge in [0.2, 0.25) is 0 Å². The van der Waals surface area contributed by atoms with Crippen molar-refractivity contribution >= 4 is 34.4 Å². The Morgan fingerprint density at radius 3 is 2.09 bits per heavy atom. The molecule has 0 amide bonds. The Kier molecular flexibility index (Phi) is 9.33. The lowest BCUT2D eigenvalue weighted by atomic mass is 9.96. The molecule has 0 radical (unpaired) electrons. The number of rotatable bonds is 10. The van der Waals surface area contributed by atoms with Gasteiger partial charge in [-0.2, -0.15) is 8.42 Å². The lowest BCUT2D eigenvalue weighted by molar-refractivity contribution is 0.0715. The molecule has 32 heavy (non-hydrogen) atoms. The maximum atomic E-state index is 12.8. The monoisotopic (exact) mass is 540 g/mol. The molecule has 2 aromatic rings. The lowest BCUT2D eigenvalue weighted by Crippen LogP contribution is -2.47. The summed E-state index contributed by atoms with van der Waals surface area (Å²) in [5.74, 6) is 0.0851. The summed E-state index contributed by atoms with van der Waals surface area (Å²) in [5, 5.41) is 0.00797. The van der Waals surface area contributed by atoms with Crippen LogP contribution < -0.4 is 0 Å². The van der Waals surface area contributed by atoms with Crippen LogP contribution in [0.3, 0.4) is 0 Å². The third-order valence-corrected chi connectivity index (χ3v) is 13.0. The summed E-state index contributed by atoms with van der Waals surface area (Å²) in [6.07, 6.45) is 0.469. The first kappa shape index (κ1) is 27.3. The Morgan fingerprint density at radius 1 is 1.00 bits per heavy atom. The minimum atomic E-state index is -3.85. The van der Waals surface area contributed by atoms with Gasteiger partial charge < -0.3 is 4.43 Å². The number of hydrogen-bond acceptors (Lipinski definition) is 4. The van der Waals surface area contributed by atoms with E-state index in [1.165, 1.54) is 5.56 Å². The lowest BCUT2D eigenvalue weighted by Gasteiger charge is -2.41. The van der Waals surface area contributed by atoms with Crippen LogP contribution in [0.4, 0.5) is 0 Å². The van der Waals surface area contributed by atoms with Crippen LogP contribution >= 0.6 is 15.9 Å². The predicted molar refractivity (Wildman–Crippen MR) is 138 cm³/mol. The van der Waals surface area contributed by atoms with E-state index in [1.54, 1.807) is 24.3 Å². The summed E-state index contributed by atoms with van der Waals surface area (Å²) in [6, 6.07) is 16.9. The van der Waals surface area contributed by atoms with Crippen LogP contribution in [-0.2, 0) is 18.7 Å². The number of alkyl halides is 1. The van der Waals surface area contributed by atoms with E-state index < -0.39 is 18.4 Å². The van der Waals surface area contributed by atoms with Crippen molar-refractivity contribution in [3.05, 3.63) is 65.7 Å². The first-order valence-electron chi connectivity index (χ1n) is 11.1. The van der Waals surface area contributed by atoms with Crippen molar-refractivity contribution in [1.82, 2.24) is 0 Å². The zero-order valence-electron chi connectivity index (χ0n) is 20.3. The summed E-state index contributed by atoms with van der Waals surface area (Å²) in [4.78, 5) is 0.322. The molecule has 0 aliphatic rings. The van der Waals surface area contributed by atoms with Crippen LogP contribution in [0, 0.1) is 12.8 Å². The van der Waals surface area contributed by atoms with Crippen LogP contribution in [0.5, 0.6) is 0 Å². The minimum Gasteiger partial charge on any atom is -0.411 e. The van der Waals surface area contributed by atoms with E-state index >= 15 is 0 Å². The van der Waals surface area contributed by atoms with Crippen molar-refractivity contribution in [2.24, 2.45) is 5.92 Å². The molecule has 0 saturated heterocycles. The summed E-state index contributed by atoms with van der Waals surface area (Å²) >= 11 is 3.80. The van der Waals surface area contributed by atoms with Gasteiger partial charge in [-0.1, -0.05) is 91.7 Å². The van der Waals surface area contributed by atoms with Gasteiger partial charge in [0, 0.05) is 4.83 Å². The van der Waals surface area contributed by atoms with E-state index in [0.717, 1.165) is 12.0 Å². The minimum absolute atomic E-state index is 0.00159. The second-order valence-corrected chi connectivity index (χ2v) is 17.5. The Bertz CT molecular complexity index is 954. The van der Waals surface area contributed by atoms with Crippen LogP contribution in [0.15, 0.2) is 59.5 Å². The van der Waals surface area contributed by atoms with Crippen LogP contribution in [0.2, 0.25) is 18.1 Å². The normalized spacial score (nSPS) is 15.9. The molecule has 0 saturated carbocycles. The number of halogens is 1. The predicted octanol–water partition coefficient (Wildman–Crippen LogP) is 7.25. The van der Waals surface area contributed by atoms with Gasteiger partial charge in [0.25, 0.3) is 10.1 Å². The second kappa shape index (κ2) is 11.0. The fourth-order valence-corrected chi connectivity index (χ4v) is 6.30. The van der Waals surface area contributed by atoms with Gasteiger partial charge in [0.1, 0.15) is 0 Å². The highest BCUT2D eigenvalue weighted by Crippen LogP contribution is 2.40. The molecule has 2 rings (SSSR count). The molecular formula is C25H37BrO4SSi. The average Bonchev–Trinajstić information content (AvgIpc) is 2.71. The Labute approximate surface area is 204 Å². The molecule has 2 aromatic carbocycles. The second-order valence-electron chi connectivity index (χ2n) is 10.1. The maximum absolute atomic E-state index is 12.8. The third-order valence-electron chi connectivity index (χ3n) is 6.32. The Morgan fingerprint density at radius 2 is 1.56 bits per heavy atom. The molecular weight excluding hydrogens is 504 g/mol. The first-order chi connectivity index (χ1) is 14.7. The average molecular weight is 542 g/mol. The molecule has 0 aliphatic carbocycles. The van der Waals surface area contributed by atoms with Gasteiger partial charge in [0.15, 0.2) is 8.32 Å². The zero-order chi connectivity index (χ0) is 24.2. The summed E-state index contributed by atoms with van der Waals surface area (Å²) in [6.45, 7) is 14.9. The van der Waals surface area contributed by atoms with Crippen molar-refractivity contribution in [3.8, 4) is 0 Å². The molecule has 0 heterocycles. The van der Waals surface area contributed by atoms with Crippen molar-refractivity contribution < 1.29 is 17.0 Å². The van der Waals surface area contributed by atoms with E-state index in [9.17, 15) is 8.42 Å². The van der Waals surface area contributed by atoms with Gasteiger partial charge in [-0.05, 0) is 55.1 Å². The van der Waals surface area contributed by atoms with Crippen LogP contribution in [0.1, 0.15) is 50.1 Å². The summed E-state index contributed by atoms with van der Waals surface area (Å²) < 4.78 is 37.8. The SMILES string of the molecule is Cc1ccc(S(=O)(=O)OC[C@H](O[Si](C)(C)C(C)(C)C)[C@H](C)CC(Br)c2ccccc2)cc1. The highest BCUT2D eigenvalue weighted by Gasteiger charge is 2.41. The highest BCUT2D eigenvalue weighted by atomic mass is 79.9. The standard InChI is InChI=1S/C25H37BrO4SSi/c1-19-13-15-22(16-14-19)31(27,28)29-18-24(30-32(6,7)25(3,4)5)20(2)17-23(26)21-11-9-8-10-12-21/h8-16,20,23-24H,17-18H2,1-7H3/t20-,23?,24+/m1/s1. The first-order valence-corrected chi connectivity index (χ1v) is 16.3. The van der Waals surface area contributed by atoms with E-state index in [-0.39, 0.29) is 33.4 Å². The summed E-state index contributed by atoms with van der Waals surface area (Å²) in [5.41, 5.74) is 2.19. The molecule has 0 fully saturated rings. The topological polar surface area (TPSA) is 52.6 Å². The van der Waals surface area contributed by atoms with Gasteiger partial charge >= 0.3 is 0 Å². The maximum Gasteiger partial charge on any atom is 0.297 e. The number of aryl methyl sites for hydroxylation is 1. The van der Waals surface area contributed by atoms with Gasteiger partial charge in [-0.25, -0.2) is 0 Å². The smallest absolute Gasteiger partial charge is 0.297 e. The molecule has 3 atom stereocenters. The van der Waals surface area contributed by atoms with Crippen molar-refractivity contribution in [3.63, 3.8) is 0 Å². The molecule has 7 heteroatoms. The molecule has 0 aliphatic heterocycles.